The molecule has 0 spiro atoms. The largest absolute Gasteiger partial charge is 0.493 e. The van der Waals surface area contributed by atoms with Crippen LogP contribution in [0.3, 0.4) is 0 Å². The van der Waals surface area contributed by atoms with E-state index >= 15 is 0 Å². The Bertz CT molecular complexity index is 884. The molecule has 30 heavy (non-hydrogen) atoms. The molecule has 7 nitrogen and oxygen atoms in total. The van der Waals surface area contributed by atoms with Crippen LogP contribution in [0.2, 0.25) is 0 Å². The third kappa shape index (κ3) is 4.26. The third-order valence-electron chi connectivity index (χ3n) is 5.83. The number of hydrogen-bond donors (Lipinski definition) is 2. The number of nitrogens with one attached hydrogen (secondary N) is 2. The van der Waals surface area contributed by atoms with Crippen molar-refractivity contribution in [1.29, 1.82) is 0 Å². The second kappa shape index (κ2) is 8.99. The Labute approximate surface area is 175 Å². The number of methoxy groups -OCH3 is 2. The van der Waals surface area contributed by atoms with Gasteiger partial charge in [0.15, 0.2) is 11.5 Å². The smallest absolute Gasteiger partial charge is 0.254 e. The minimum absolute atomic E-state index is 0.00250. The highest BCUT2D eigenvalue weighted by atomic mass is 19.1. The van der Waals surface area contributed by atoms with Crippen molar-refractivity contribution in [2.45, 2.75) is 18.6 Å². The molecule has 2 saturated heterocycles. The first-order valence-electron chi connectivity index (χ1n) is 10.1. The molecular formula is C22H27FN4O3. The zero-order valence-electron chi connectivity index (χ0n) is 17.2. The highest BCUT2D eigenvalue weighted by Crippen LogP contribution is 2.29. The summed E-state index contributed by atoms with van der Waals surface area (Å²) in [5.74, 6) is 0.929. The maximum Gasteiger partial charge on any atom is 0.254 e. The van der Waals surface area contributed by atoms with Gasteiger partial charge in [0.25, 0.3) is 5.91 Å². The van der Waals surface area contributed by atoms with Crippen molar-refractivity contribution in [3.63, 3.8) is 0 Å². The number of halogens is 1. The molecule has 0 aromatic heterocycles. The van der Waals surface area contributed by atoms with Crippen LogP contribution in [0, 0.1) is 5.82 Å². The monoisotopic (exact) mass is 414 g/mol. The zero-order valence-corrected chi connectivity index (χ0v) is 17.2. The number of carbonyl (C=O) groups is 1. The summed E-state index contributed by atoms with van der Waals surface area (Å²) in [6, 6.07) is 12.0. The van der Waals surface area contributed by atoms with Gasteiger partial charge in [0, 0.05) is 37.8 Å². The van der Waals surface area contributed by atoms with Gasteiger partial charge >= 0.3 is 0 Å². The molecule has 2 atom stereocenters. The summed E-state index contributed by atoms with van der Waals surface area (Å²) in [6.45, 7) is 2.89. The molecule has 2 unspecified atom stereocenters. The average Bonchev–Trinajstić information content (AvgIpc) is 3.29. The summed E-state index contributed by atoms with van der Waals surface area (Å²) in [7, 11) is 3.14. The molecule has 2 aromatic rings. The summed E-state index contributed by atoms with van der Waals surface area (Å²) in [6.07, 6.45) is 1.06. The summed E-state index contributed by atoms with van der Waals surface area (Å²) in [5, 5.41) is 0. The first-order valence-corrected chi connectivity index (χ1v) is 10.1. The molecule has 2 aliphatic rings. The summed E-state index contributed by atoms with van der Waals surface area (Å²) >= 11 is 0. The van der Waals surface area contributed by atoms with Gasteiger partial charge in [-0.05, 0) is 42.3 Å². The molecule has 8 heteroatoms. The Hall–Kier alpha value is -2.68. The van der Waals surface area contributed by atoms with E-state index in [-0.39, 0.29) is 23.9 Å². The molecule has 2 aromatic carbocycles. The first-order chi connectivity index (χ1) is 14.6. The van der Waals surface area contributed by atoms with Crippen molar-refractivity contribution in [3.05, 3.63) is 59.4 Å². The molecule has 4 rings (SSSR count). The van der Waals surface area contributed by atoms with Crippen molar-refractivity contribution in [1.82, 2.24) is 20.7 Å². The quantitative estimate of drug-likeness (QED) is 0.782. The second-order valence-corrected chi connectivity index (χ2v) is 7.54. The van der Waals surface area contributed by atoms with Crippen LogP contribution in [-0.2, 0) is 0 Å². The lowest BCUT2D eigenvalue weighted by molar-refractivity contribution is 0.0544. The molecule has 0 saturated carbocycles. The lowest BCUT2D eigenvalue weighted by atomic mass is 10.0. The van der Waals surface area contributed by atoms with E-state index in [0.29, 0.717) is 30.2 Å². The van der Waals surface area contributed by atoms with Crippen molar-refractivity contribution in [2.75, 3.05) is 40.4 Å². The number of carbonyl (C=O) groups excluding carboxylic acids is 1. The van der Waals surface area contributed by atoms with E-state index in [1.54, 1.807) is 32.4 Å². The number of ether oxygens (including phenoxy) is 2. The van der Waals surface area contributed by atoms with Crippen LogP contribution in [0.25, 0.3) is 0 Å². The number of hydrazine groups is 1. The average molecular weight is 414 g/mol. The number of rotatable bonds is 5. The Morgan fingerprint density at radius 1 is 0.967 bits per heavy atom. The van der Waals surface area contributed by atoms with Gasteiger partial charge in [0.2, 0.25) is 0 Å². The zero-order chi connectivity index (χ0) is 21.1. The van der Waals surface area contributed by atoms with Gasteiger partial charge in [-0.25, -0.2) is 15.2 Å². The van der Waals surface area contributed by atoms with Crippen LogP contribution in [0.5, 0.6) is 11.5 Å². The molecule has 0 bridgehead atoms. The van der Waals surface area contributed by atoms with Crippen molar-refractivity contribution < 1.29 is 18.7 Å². The fourth-order valence-electron chi connectivity index (χ4n) is 4.08. The number of benzene rings is 2. The fourth-order valence-corrected chi connectivity index (χ4v) is 4.08. The Morgan fingerprint density at radius 2 is 1.67 bits per heavy atom. The summed E-state index contributed by atoms with van der Waals surface area (Å²) in [5.41, 5.74) is 8.30. The van der Waals surface area contributed by atoms with E-state index < -0.39 is 0 Å². The van der Waals surface area contributed by atoms with Crippen LogP contribution in [0.15, 0.2) is 42.5 Å². The molecule has 2 aliphatic heterocycles. The van der Waals surface area contributed by atoms with E-state index in [0.717, 1.165) is 25.1 Å². The summed E-state index contributed by atoms with van der Waals surface area (Å²) < 4.78 is 23.7. The SMILES string of the molecule is COc1ccc(C(=O)N2CCN(C3CC(c4ccc(F)cc4)NN3)CC2)cc1OC. The van der Waals surface area contributed by atoms with Gasteiger partial charge in [-0.15, -0.1) is 0 Å². The van der Waals surface area contributed by atoms with Gasteiger partial charge in [0.1, 0.15) is 5.82 Å². The lowest BCUT2D eigenvalue weighted by Gasteiger charge is -2.37. The van der Waals surface area contributed by atoms with E-state index in [1.165, 1.54) is 12.1 Å². The molecule has 2 N–H and O–H groups in total. The Balaban J connectivity index is 1.33. The van der Waals surface area contributed by atoms with E-state index in [1.807, 2.05) is 17.0 Å². The van der Waals surface area contributed by atoms with E-state index in [2.05, 4.69) is 15.8 Å². The standard InChI is InChI=1S/C22H27FN4O3/c1-29-19-8-5-16(13-20(19)30-2)22(28)27-11-9-26(10-12-27)21-14-18(24-25-21)15-3-6-17(23)7-4-15/h3-8,13,18,21,24-25H,9-12,14H2,1-2H3. The van der Waals surface area contributed by atoms with Crippen molar-refractivity contribution in [3.8, 4) is 11.5 Å². The first kappa shape index (κ1) is 20.6. The Morgan fingerprint density at radius 3 is 2.33 bits per heavy atom. The van der Waals surface area contributed by atoms with Crippen molar-refractivity contribution in [2.24, 2.45) is 0 Å². The molecule has 2 heterocycles. The highest BCUT2D eigenvalue weighted by Gasteiger charge is 2.32. The maximum atomic E-state index is 13.2. The van der Waals surface area contributed by atoms with Crippen LogP contribution < -0.4 is 20.3 Å². The van der Waals surface area contributed by atoms with Crippen LogP contribution in [0.4, 0.5) is 4.39 Å². The summed E-state index contributed by atoms with van der Waals surface area (Å²) in [4.78, 5) is 17.1. The van der Waals surface area contributed by atoms with Crippen LogP contribution >= 0.6 is 0 Å². The van der Waals surface area contributed by atoms with Gasteiger partial charge in [-0.3, -0.25) is 9.69 Å². The minimum atomic E-state index is -0.225. The highest BCUT2D eigenvalue weighted by molar-refractivity contribution is 5.95. The Kier molecular flexibility index (Phi) is 6.17. The lowest BCUT2D eigenvalue weighted by Crippen LogP contribution is -2.55. The normalized spacial score (nSPS) is 22.2. The van der Waals surface area contributed by atoms with Crippen LogP contribution in [-0.4, -0.2) is 62.3 Å². The van der Waals surface area contributed by atoms with E-state index in [9.17, 15) is 9.18 Å². The van der Waals surface area contributed by atoms with Gasteiger partial charge in [-0.2, -0.15) is 0 Å². The predicted octanol–water partition coefficient (Wildman–Crippen LogP) is 2.17. The third-order valence-corrected chi connectivity index (χ3v) is 5.83. The number of amides is 1. The molecule has 1 amide bonds. The predicted molar refractivity (Wildman–Crippen MR) is 111 cm³/mol. The van der Waals surface area contributed by atoms with E-state index in [4.69, 9.17) is 9.47 Å². The molecule has 2 fully saturated rings. The molecular weight excluding hydrogens is 387 g/mol. The van der Waals surface area contributed by atoms with Crippen LogP contribution in [0.1, 0.15) is 28.4 Å². The van der Waals surface area contributed by atoms with Crippen molar-refractivity contribution >= 4 is 5.91 Å². The van der Waals surface area contributed by atoms with Gasteiger partial charge in [0.05, 0.1) is 20.4 Å². The fraction of sp³-hybridized carbons (Fsp3) is 0.409. The molecule has 0 aliphatic carbocycles. The number of piperazine rings is 1. The number of nitrogens with zero attached hydrogens (tertiary/aromatic N) is 2. The second-order valence-electron chi connectivity index (χ2n) is 7.54. The van der Waals surface area contributed by atoms with Gasteiger partial charge in [-0.1, -0.05) is 12.1 Å². The topological polar surface area (TPSA) is 66.1 Å². The molecule has 0 radical (unpaired) electrons. The number of hydrogen-bond acceptors (Lipinski definition) is 6. The molecule has 160 valence electrons. The maximum absolute atomic E-state index is 13.2. The minimum Gasteiger partial charge on any atom is -0.493 e. The van der Waals surface area contributed by atoms with Gasteiger partial charge < -0.3 is 14.4 Å².